The van der Waals surface area contributed by atoms with E-state index >= 15 is 0 Å². The van der Waals surface area contributed by atoms with E-state index in [1.807, 2.05) is 11.8 Å². The number of halogens is 1. The molecule has 2 amide bonds. The van der Waals surface area contributed by atoms with E-state index in [0.29, 0.717) is 13.0 Å². The summed E-state index contributed by atoms with van der Waals surface area (Å²) in [7, 11) is 0. The lowest BCUT2D eigenvalue weighted by Gasteiger charge is -2.38. The summed E-state index contributed by atoms with van der Waals surface area (Å²) in [5, 5.41) is 2.90. The monoisotopic (exact) mass is 317 g/mol. The lowest BCUT2D eigenvalue weighted by atomic mass is 9.96. The van der Waals surface area contributed by atoms with Crippen molar-refractivity contribution < 1.29 is 9.59 Å². The number of carbonyl (C=O) groups is 2. The molecule has 1 heterocycles. The number of nitrogens with zero attached hydrogens (tertiary/aromatic N) is 1. The summed E-state index contributed by atoms with van der Waals surface area (Å²) < 4.78 is 0. The van der Waals surface area contributed by atoms with Crippen molar-refractivity contribution in [2.24, 2.45) is 11.7 Å². The molecule has 5 nitrogen and oxygen atoms in total. The highest BCUT2D eigenvalue weighted by molar-refractivity contribution is 5.85. The van der Waals surface area contributed by atoms with Crippen molar-refractivity contribution in [3.05, 3.63) is 0 Å². The topological polar surface area (TPSA) is 75.4 Å². The molecule has 122 valence electrons. The van der Waals surface area contributed by atoms with Gasteiger partial charge >= 0.3 is 0 Å². The van der Waals surface area contributed by atoms with Crippen molar-refractivity contribution in [2.45, 2.75) is 64.0 Å². The van der Waals surface area contributed by atoms with E-state index in [1.165, 1.54) is 0 Å². The average molecular weight is 318 g/mol. The molecule has 2 aliphatic rings. The lowest BCUT2D eigenvalue weighted by molar-refractivity contribution is -0.135. The Balaban J connectivity index is 0.00000220. The Hall–Kier alpha value is -0.810. The van der Waals surface area contributed by atoms with Crippen molar-refractivity contribution in [3.8, 4) is 0 Å². The van der Waals surface area contributed by atoms with Crippen LogP contribution in [0.4, 0.5) is 0 Å². The zero-order chi connectivity index (χ0) is 14.5. The normalized spacial score (nSPS) is 23.1. The van der Waals surface area contributed by atoms with E-state index in [2.05, 4.69) is 5.32 Å². The van der Waals surface area contributed by atoms with Crippen LogP contribution in [0, 0.1) is 5.92 Å². The molecule has 0 aromatic carbocycles. The molecule has 0 aromatic rings. The van der Waals surface area contributed by atoms with Gasteiger partial charge in [-0.3, -0.25) is 9.59 Å². The third-order valence-corrected chi connectivity index (χ3v) is 4.29. The molecule has 1 aliphatic heterocycles. The molecule has 2 fully saturated rings. The van der Waals surface area contributed by atoms with E-state index in [-0.39, 0.29) is 42.2 Å². The van der Waals surface area contributed by atoms with Gasteiger partial charge in [-0.25, -0.2) is 0 Å². The summed E-state index contributed by atoms with van der Waals surface area (Å²) in [6.45, 7) is 3.42. The van der Waals surface area contributed by atoms with E-state index in [0.717, 1.165) is 45.1 Å². The molecule has 3 N–H and O–H groups in total. The maximum atomic E-state index is 12.3. The number of likely N-dealkylation sites (tertiary alicyclic amines) is 1. The molecule has 0 radical (unpaired) electrons. The van der Waals surface area contributed by atoms with Crippen LogP contribution in [0.5, 0.6) is 0 Å². The number of nitrogens with two attached hydrogens (primary N) is 1. The van der Waals surface area contributed by atoms with Crippen LogP contribution in [0.3, 0.4) is 0 Å². The summed E-state index contributed by atoms with van der Waals surface area (Å²) in [5.41, 5.74) is 5.98. The van der Waals surface area contributed by atoms with Gasteiger partial charge in [0.05, 0.1) is 0 Å². The van der Waals surface area contributed by atoms with Gasteiger partial charge in [0, 0.05) is 37.5 Å². The van der Waals surface area contributed by atoms with E-state index in [9.17, 15) is 9.59 Å². The Morgan fingerprint density at radius 2 is 2.00 bits per heavy atom. The predicted molar refractivity (Wildman–Crippen MR) is 85.2 cm³/mol. The summed E-state index contributed by atoms with van der Waals surface area (Å²) >= 11 is 0. The lowest BCUT2D eigenvalue weighted by Crippen LogP contribution is -2.51. The minimum absolute atomic E-state index is 0. The zero-order valence-electron chi connectivity index (χ0n) is 12.8. The molecular formula is C15H28ClN3O2. The maximum Gasteiger partial charge on any atom is 0.223 e. The quantitative estimate of drug-likeness (QED) is 0.728. The number of amides is 2. The Labute approximate surface area is 133 Å². The van der Waals surface area contributed by atoms with Gasteiger partial charge in [-0.2, -0.15) is 0 Å². The van der Waals surface area contributed by atoms with Crippen LogP contribution in [0.25, 0.3) is 0 Å². The van der Waals surface area contributed by atoms with Gasteiger partial charge in [-0.15, -0.1) is 12.4 Å². The van der Waals surface area contributed by atoms with Crippen LogP contribution in [0.15, 0.2) is 0 Å². The van der Waals surface area contributed by atoms with Crippen LogP contribution < -0.4 is 11.1 Å². The summed E-state index contributed by atoms with van der Waals surface area (Å²) in [5.74, 6) is 0.590. The number of rotatable bonds is 6. The summed E-state index contributed by atoms with van der Waals surface area (Å²) in [6.07, 6.45) is 6.53. The van der Waals surface area contributed by atoms with Gasteiger partial charge in [-0.1, -0.05) is 0 Å². The first-order chi connectivity index (χ1) is 9.59. The number of nitrogens with one attached hydrogen (secondary N) is 1. The highest BCUT2D eigenvalue weighted by Gasteiger charge is 2.30. The van der Waals surface area contributed by atoms with Crippen LogP contribution in [-0.2, 0) is 9.59 Å². The maximum absolute atomic E-state index is 12.3. The molecule has 2 rings (SSSR count). The molecule has 1 saturated heterocycles. The second kappa shape index (κ2) is 8.59. The summed E-state index contributed by atoms with van der Waals surface area (Å²) in [6, 6.07) is 0.228. The fourth-order valence-corrected chi connectivity index (χ4v) is 2.90. The fourth-order valence-electron chi connectivity index (χ4n) is 2.90. The van der Waals surface area contributed by atoms with Crippen molar-refractivity contribution >= 4 is 24.2 Å². The first-order valence-corrected chi connectivity index (χ1v) is 7.92. The Kier molecular flexibility index (Phi) is 7.46. The molecule has 1 saturated carbocycles. The second-order valence-electron chi connectivity index (χ2n) is 6.18. The third-order valence-electron chi connectivity index (χ3n) is 4.29. The molecule has 2 unspecified atom stereocenters. The number of carbonyl (C=O) groups excluding carboxylic acids is 2. The first kappa shape index (κ1) is 18.2. The van der Waals surface area contributed by atoms with Gasteiger partial charge in [0.1, 0.15) is 0 Å². The Morgan fingerprint density at radius 3 is 2.62 bits per heavy atom. The van der Waals surface area contributed by atoms with E-state index in [4.69, 9.17) is 5.73 Å². The molecular weight excluding hydrogens is 290 g/mol. The van der Waals surface area contributed by atoms with Gasteiger partial charge in [-0.05, 0) is 45.4 Å². The van der Waals surface area contributed by atoms with Gasteiger partial charge < -0.3 is 16.0 Å². The van der Waals surface area contributed by atoms with Crippen molar-refractivity contribution in [2.75, 3.05) is 13.1 Å². The zero-order valence-corrected chi connectivity index (χ0v) is 13.7. The minimum Gasteiger partial charge on any atom is -0.356 e. The van der Waals surface area contributed by atoms with E-state index in [1.54, 1.807) is 0 Å². The molecule has 2 atom stereocenters. The molecule has 1 aliphatic carbocycles. The van der Waals surface area contributed by atoms with Crippen LogP contribution in [-0.4, -0.2) is 41.9 Å². The molecule has 0 bridgehead atoms. The standard InChI is InChI=1S/C15H27N3O2.ClH/c1-11(16)13-5-2-3-10-18(13)14(19)6-4-9-17-15(20)12-7-8-12;/h11-13H,2-10,16H2,1H3,(H,17,20);1H. The smallest absolute Gasteiger partial charge is 0.223 e. The number of hydrogen-bond donors (Lipinski definition) is 2. The molecule has 6 heteroatoms. The van der Waals surface area contributed by atoms with Crippen molar-refractivity contribution in [3.63, 3.8) is 0 Å². The Bertz CT molecular complexity index is 359. The highest BCUT2D eigenvalue weighted by atomic mass is 35.5. The van der Waals surface area contributed by atoms with Crippen LogP contribution >= 0.6 is 12.4 Å². The average Bonchev–Trinajstić information content (AvgIpc) is 3.27. The van der Waals surface area contributed by atoms with Gasteiger partial charge in [0.25, 0.3) is 0 Å². The first-order valence-electron chi connectivity index (χ1n) is 7.92. The van der Waals surface area contributed by atoms with Crippen molar-refractivity contribution in [1.29, 1.82) is 0 Å². The molecule has 21 heavy (non-hydrogen) atoms. The second-order valence-corrected chi connectivity index (χ2v) is 6.18. The fraction of sp³-hybridized carbons (Fsp3) is 0.867. The third kappa shape index (κ3) is 5.47. The largest absolute Gasteiger partial charge is 0.356 e. The molecule has 0 spiro atoms. The Morgan fingerprint density at radius 1 is 1.29 bits per heavy atom. The summed E-state index contributed by atoms with van der Waals surface area (Å²) in [4.78, 5) is 25.7. The molecule has 0 aromatic heterocycles. The van der Waals surface area contributed by atoms with Crippen LogP contribution in [0.2, 0.25) is 0 Å². The highest BCUT2D eigenvalue weighted by Crippen LogP contribution is 2.28. The van der Waals surface area contributed by atoms with Gasteiger partial charge in [0.15, 0.2) is 0 Å². The van der Waals surface area contributed by atoms with E-state index < -0.39 is 0 Å². The number of piperidine rings is 1. The minimum atomic E-state index is 0. The number of hydrogen-bond acceptors (Lipinski definition) is 3. The van der Waals surface area contributed by atoms with Gasteiger partial charge in [0.2, 0.25) is 11.8 Å². The predicted octanol–water partition coefficient (Wildman–Crippen LogP) is 1.44. The van der Waals surface area contributed by atoms with Crippen LogP contribution in [0.1, 0.15) is 51.9 Å². The van der Waals surface area contributed by atoms with Crippen molar-refractivity contribution in [1.82, 2.24) is 10.2 Å². The SMILES string of the molecule is CC(N)C1CCCCN1C(=O)CCCNC(=O)C1CC1.Cl.